The summed E-state index contributed by atoms with van der Waals surface area (Å²) in [4.78, 5) is 26.3. The number of anilines is 2. The number of ether oxygens (including phenoxy) is 2. The molecule has 4 rings (SSSR count). The quantitative estimate of drug-likeness (QED) is 0.819. The molecule has 3 heterocycles. The van der Waals surface area contributed by atoms with Crippen molar-refractivity contribution in [2.24, 2.45) is 0 Å². The molecule has 0 saturated carbocycles. The standard InChI is InChI=1S/C18H21F2N3O4S/c1-26-17(24)21-6-13-7-22(18(25)27-13)12-4-14(19)16(15(20)5-12)23-10-2-3-11(23)9-28-8-10/h4-5,10-11,13H,2-3,6-9H2,1H3,(H,21,24)/t10?,11?,13-/m0/s1. The van der Waals surface area contributed by atoms with Gasteiger partial charge in [-0.15, -0.1) is 0 Å². The summed E-state index contributed by atoms with van der Waals surface area (Å²) in [6.07, 6.45) is -0.118. The van der Waals surface area contributed by atoms with Crippen molar-refractivity contribution in [3.05, 3.63) is 23.8 Å². The maximum Gasteiger partial charge on any atom is 0.414 e. The molecule has 3 aliphatic rings. The summed E-state index contributed by atoms with van der Waals surface area (Å²) in [6, 6.07) is 2.64. The van der Waals surface area contributed by atoms with E-state index in [1.54, 1.807) is 0 Å². The van der Waals surface area contributed by atoms with E-state index in [1.807, 2.05) is 16.7 Å². The van der Waals surface area contributed by atoms with Gasteiger partial charge in [0.1, 0.15) is 11.8 Å². The average Bonchev–Trinajstić information content (AvgIpc) is 3.14. The first-order valence-electron chi connectivity index (χ1n) is 9.13. The molecular weight excluding hydrogens is 392 g/mol. The van der Waals surface area contributed by atoms with E-state index < -0.39 is 29.9 Å². The largest absolute Gasteiger partial charge is 0.453 e. The Labute approximate surface area is 165 Å². The van der Waals surface area contributed by atoms with Crippen LogP contribution in [0.3, 0.4) is 0 Å². The van der Waals surface area contributed by atoms with Gasteiger partial charge in [-0.3, -0.25) is 4.90 Å². The molecule has 1 N–H and O–H groups in total. The van der Waals surface area contributed by atoms with E-state index in [2.05, 4.69) is 10.1 Å². The SMILES string of the molecule is COC(=O)NC[C@H]1CN(c2cc(F)c(N3C4CCC3CSC4)c(F)c2)C(=O)O1. The molecule has 3 saturated heterocycles. The molecule has 152 valence electrons. The Morgan fingerprint density at radius 3 is 2.54 bits per heavy atom. The zero-order valence-electron chi connectivity index (χ0n) is 15.3. The Bertz CT molecular complexity index is 757. The summed E-state index contributed by atoms with van der Waals surface area (Å²) in [7, 11) is 1.22. The number of carbonyl (C=O) groups is 2. The summed E-state index contributed by atoms with van der Waals surface area (Å²) in [5.74, 6) is 0.375. The van der Waals surface area contributed by atoms with Crippen molar-refractivity contribution in [3.8, 4) is 0 Å². The lowest BCUT2D eigenvalue weighted by Crippen LogP contribution is -2.43. The van der Waals surface area contributed by atoms with Crippen molar-refractivity contribution >= 4 is 35.3 Å². The van der Waals surface area contributed by atoms with Gasteiger partial charge in [0.15, 0.2) is 11.6 Å². The minimum atomic E-state index is -0.711. The van der Waals surface area contributed by atoms with Crippen molar-refractivity contribution in [2.75, 3.05) is 41.5 Å². The minimum absolute atomic E-state index is 0.00646. The number of rotatable bonds is 4. The van der Waals surface area contributed by atoms with Crippen LogP contribution < -0.4 is 15.1 Å². The number of hydrogen-bond acceptors (Lipinski definition) is 6. The fraction of sp³-hybridized carbons (Fsp3) is 0.556. The Morgan fingerprint density at radius 1 is 1.29 bits per heavy atom. The first-order chi connectivity index (χ1) is 13.5. The van der Waals surface area contributed by atoms with Crippen LogP contribution in [0.5, 0.6) is 0 Å². The smallest absolute Gasteiger partial charge is 0.414 e. The van der Waals surface area contributed by atoms with Gasteiger partial charge in [-0.1, -0.05) is 0 Å². The number of thioether (sulfide) groups is 1. The zero-order chi connectivity index (χ0) is 19.8. The molecule has 1 aromatic carbocycles. The average molecular weight is 413 g/mol. The highest BCUT2D eigenvalue weighted by Crippen LogP contribution is 2.41. The number of cyclic esters (lactones) is 1. The number of benzene rings is 1. The first-order valence-corrected chi connectivity index (χ1v) is 10.3. The summed E-state index contributed by atoms with van der Waals surface area (Å²) in [6.45, 7) is 0.124. The number of carbonyl (C=O) groups excluding carboxylic acids is 2. The van der Waals surface area contributed by atoms with Crippen LogP contribution >= 0.6 is 11.8 Å². The van der Waals surface area contributed by atoms with Gasteiger partial charge < -0.3 is 19.7 Å². The third kappa shape index (κ3) is 3.45. The molecule has 0 spiro atoms. The molecule has 3 fully saturated rings. The third-order valence-corrected chi connectivity index (χ3v) is 6.59. The van der Waals surface area contributed by atoms with Gasteiger partial charge in [-0.2, -0.15) is 11.8 Å². The number of nitrogens with zero attached hydrogens (tertiary/aromatic N) is 2. The topological polar surface area (TPSA) is 71.1 Å². The summed E-state index contributed by atoms with van der Waals surface area (Å²) < 4.78 is 39.4. The Morgan fingerprint density at radius 2 is 1.93 bits per heavy atom. The normalized spacial score (nSPS) is 26.4. The van der Waals surface area contributed by atoms with E-state index in [0.29, 0.717) is 0 Å². The van der Waals surface area contributed by atoms with Gasteiger partial charge in [0.05, 0.1) is 25.9 Å². The lowest BCUT2D eigenvalue weighted by molar-refractivity contribution is 0.132. The molecule has 1 aromatic rings. The van der Waals surface area contributed by atoms with Crippen LogP contribution in [0, 0.1) is 11.6 Å². The van der Waals surface area contributed by atoms with Crippen LogP contribution in [0.2, 0.25) is 0 Å². The maximum atomic E-state index is 14.9. The van der Waals surface area contributed by atoms with E-state index in [0.717, 1.165) is 24.3 Å². The Kier molecular flexibility index (Phi) is 5.22. The molecule has 0 radical (unpaired) electrons. The Hall–Kier alpha value is -2.23. The van der Waals surface area contributed by atoms with Crippen molar-refractivity contribution in [3.63, 3.8) is 0 Å². The molecule has 2 unspecified atom stereocenters. The van der Waals surface area contributed by atoms with E-state index in [4.69, 9.17) is 4.74 Å². The Balaban J connectivity index is 1.52. The van der Waals surface area contributed by atoms with Crippen LogP contribution in [0.1, 0.15) is 12.8 Å². The van der Waals surface area contributed by atoms with Gasteiger partial charge in [0, 0.05) is 35.7 Å². The molecule has 2 amide bonds. The van der Waals surface area contributed by atoms with Crippen molar-refractivity contribution in [1.82, 2.24) is 5.32 Å². The van der Waals surface area contributed by atoms with Crippen LogP contribution in [-0.4, -0.2) is 62.1 Å². The second kappa shape index (κ2) is 7.65. The molecule has 3 atom stereocenters. The molecule has 3 aliphatic heterocycles. The molecule has 2 bridgehead atoms. The molecule has 0 aromatic heterocycles. The predicted octanol–water partition coefficient (Wildman–Crippen LogP) is 2.73. The highest BCUT2D eigenvalue weighted by Gasteiger charge is 2.40. The third-order valence-electron chi connectivity index (χ3n) is 5.35. The molecule has 28 heavy (non-hydrogen) atoms. The number of halogens is 2. The second-order valence-corrected chi connectivity index (χ2v) is 8.15. The fourth-order valence-corrected chi connectivity index (χ4v) is 5.39. The highest BCUT2D eigenvalue weighted by atomic mass is 32.2. The summed E-state index contributed by atoms with van der Waals surface area (Å²) in [5.41, 5.74) is 0.0936. The minimum Gasteiger partial charge on any atom is -0.453 e. The monoisotopic (exact) mass is 413 g/mol. The molecule has 0 aliphatic carbocycles. The fourth-order valence-electron chi connectivity index (χ4n) is 4.06. The first kappa shape index (κ1) is 19.1. The summed E-state index contributed by atoms with van der Waals surface area (Å²) >= 11 is 1.82. The lowest BCUT2D eigenvalue weighted by Gasteiger charge is -2.37. The molecule has 7 nitrogen and oxygen atoms in total. The van der Waals surface area contributed by atoms with E-state index in [1.165, 1.54) is 24.1 Å². The lowest BCUT2D eigenvalue weighted by atomic mass is 10.2. The van der Waals surface area contributed by atoms with Crippen molar-refractivity contribution < 1.29 is 27.8 Å². The van der Waals surface area contributed by atoms with E-state index in [9.17, 15) is 18.4 Å². The van der Waals surface area contributed by atoms with Gasteiger partial charge in [0.25, 0.3) is 0 Å². The van der Waals surface area contributed by atoms with Crippen molar-refractivity contribution in [1.29, 1.82) is 0 Å². The van der Waals surface area contributed by atoms with E-state index in [-0.39, 0.29) is 36.5 Å². The second-order valence-electron chi connectivity index (χ2n) is 7.08. The number of methoxy groups -OCH3 is 1. The predicted molar refractivity (Wildman–Crippen MR) is 101 cm³/mol. The van der Waals surface area contributed by atoms with Gasteiger partial charge in [0.2, 0.25) is 0 Å². The molecular formula is C18H21F2N3O4S. The van der Waals surface area contributed by atoms with Crippen LogP contribution in [0.4, 0.5) is 29.7 Å². The van der Waals surface area contributed by atoms with Crippen LogP contribution in [0.15, 0.2) is 12.1 Å². The number of alkyl carbamates (subject to hydrolysis) is 1. The van der Waals surface area contributed by atoms with Gasteiger partial charge >= 0.3 is 12.2 Å². The van der Waals surface area contributed by atoms with Crippen LogP contribution in [0.25, 0.3) is 0 Å². The van der Waals surface area contributed by atoms with Crippen LogP contribution in [-0.2, 0) is 9.47 Å². The van der Waals surface area contributed by atoms with Gasteiger partial charge in [-0.05, 0) is 12.8 Å². The number of fused-ring (bicyclic) bond motifs is 2. The highest BCUT2D eigenvalue weighted by molar-refractivity contribution is 7.99. The number of amides is 2. The maximum absolute atomic E-state index is 14.9. The number of hydrogen-bond donors (Lipinski definition) is 1. The van der Waals surface area contributed by atoms with Gasteiger partial charge in [-0.25, -0.2) is 18.4 Å². The number of nitrogens with one attached hydrogen (secondary N) is 1. The summed E-state index contributed by atoms with van der Waals surface area (Å²) in [5, 5.41) is 2.44. The zero-order valence-corrected chi connectivity index (χ0v) is 16.1. The molecule has 10 heteroatoms. The van der Waals surface area contributed by atoms with Crippen molar-refractivity contribution in [2.45, 2.75) is 31.0 Å². The van der Waals surface area contributed by atoms with E-state index >= 15 is 0 Å².